The fourth-order valence-corrected chi connectivity index (χ4v) is 4.41. The van der Waals surface area contributed by atoms with Gasteiger partial charge < -0.3 is 5.73 Å². The summed E-state index contributed by atoms with van der Waals surface area (Å²) in [5.41, 5.74) is 5.98. The average molecular weight is 346 g/mol. The molecule has 0 aliphatic carbocycles. The Kier molecular flexibility index (Phi) is 5.13. The standard InChI is InChI=1S/C14H13ClFNO2S2/c15-10-1-4-12(5-2-10)21(18,19)8-7-20-14-6-3-11(16)9-13(14)17/h1-6,9H,7-8,17H2. The maximum absolute atomic E-state index is 12.9. The highest BCUT2D eigenvalue weighted by Gasteiger charge is 2.14. The summed E-state index contributed by atoms with van der Waals surface area (Å²) in [4.78, 5) is 0.905. The van der Waals surface area contributed by atoms with Gasteiger partial charge in [0.1, 0.15) is 5.82 Å². The molecule has 2 aromatic carbocycles. The van der Waals surface area contributed by atoms with Crippen molar-refractivity contribution >= 4 is 38.9 Å². The lowest BCUT2D eigenvalue weighted by atomic mass is 10.3. The minimum Gasteiger partial charge on any atom is -0.398 e. The van der Waals surface area contributed by atoms with Crippen LogP contribution in [-0.2, 0) is 9.84 Å². The predicted octanol–water partition coefficient (Wildman–Crippen LogP) is 3.63. The minimum absolute atomic E-state index is 0.0316. The Morgan fingerprint density at radius 2 is 1.81 bits per heavy atom. The Morgan fingerprint density at radius 3 is 2.43 bits per heavy atom. The molecule has 0 atom stereocenters. The Balaban J connectivity index is 2.00. The van der Waals surface area contributed by atoms with E-state index in [2.05, 4.69) is 0 Å². The van der Waals surface area contributed by atoms with Crippen molar-refractivity contribution in [2.75, 3.05) is 17.2 Å². The second-order valence-electron chi connectivity index (χ2n) is 4.30. The number of benzene rings is 2. The van der Waals surface area contributed by atoms with E-state index in [1.165, 1.54) is 36.0 Å². The van der Waals surface area contributed by atoms with Gasteiger partial charge in [-0.1, -0.05) is 11.6 Å². The number of nitrogen functional groups attached to an aromatic ring is 1. The fraction of sp³-hybridized carbons (Fsp3) is 0.143. The summed E-state index contributed by atoms with van der Waals surface area (Å²) >= 11 is 7.02. The van der Waals surface area contributed by atoms with Crippen LogP contribution in [0, 0.1) is 5.82 Å². The average Bonchev–Trinajstić information content (AvgIpc) is 2.41. The summed E-state index contributed by atoms with van der Waals surface area (Å²) in [6, 6.07) is 10.1. The van der Waals surface area contributed by atoms with Gasteiger partial charge in [-0.15, -0.1) is 11.8 Å². The van der Waals surface area contributed by atoms with Crippen LogP contribution in [0.5, 0.6) is 0 Å². The first kappa shape index (κ1) is 16.1. The summed E-state index contributed by atoms with van der Waals surface area (Å²) in [6.07, 6.45) is 0. The van der Waals surface area contributed by atoms with Crippen LogP contribution in [-0.4, -0.2) is 19.9 Å². The summed E-state index contributed by atoms with van der Waals surface area (Å²) < 4.78 is 37.2. The molecule has 0 spiro atoms. The zero-order valence-electron chi connectivity index (χ0n) is 10.9. The van der Waals surface area contributed by atoms with E-state index in [0.29, 0.717) is 21.4 Å². The molecule has 0 aliphatic rings. The van der Waals surface area contributed by atoms with Gasteiger partial charge in [0.25, 0.3) is 0 Å². The lowest BCUT2D eigenvalue weighted by Gasteiger charge is -2.07. The molecular formula is C14H13ClFNO2S2. The van der Waals surface area contributed by atoms with Crippen LogP contribution in [0.25, 0.3) is 0 Å². The third-order valence-corrected chi connectivity index (χ3v) is 6.09. The maximum atomic E-state index is 12.9. The van der Waals surface area contributed by atoms with E-state index >= 15 is 0 Å². The van der Waals surface area contributed by atoms with Gasteiger partial charge in [0.15, 0.2) is 9.84 Å². The predicted molar refractivity (Wildman–Crippen MR) is 85.0 cm³/mol. The molecule has 0 amide bonds. The van der Waals surface area contributed by atoms with Crippen molar-refractivity contribution < 1.29 is 12.8 Å². The molecule has 21 heavy (non-hydrogen) atoms. The topological polar surface area (TPSA) is 60.2 Å². The summed E-state index contributed by atoms with van der Waals surface area (Å²) in [5, 5.41) is 0.488. The van der Waals surface area contributed by atoms with Gasteiger partial charge in [-0.25, -0.2) is 12.8 Å². The van der Waals surface area contributed by atoms with Crippen molar-refractivity contribution in [1.29, 1.82) is 0 Å². The van der Waals surface area contributed by atoms with Gasteiger partial charge in [0.2, 0.25) is 0 Å². The molecule has 0 aliphatic heterocycles. The number of sulfone groups is 1. The van der Waals surface area contributed by atoms with Crippen molar-refractivity contribution in [2.24, 2.45) is 0 Å². The first-order valence-electron chi connectivity index (χ1n) is 6.04. The SMILES string of the molecule is Nc1cc(F)ccc1SCCS(=O)(=O)c1ccc(Cl)cc1. The van der Waals surface area contributed by atoms with E-state index in [1.54, 1.807) is 18.2 Å². The maximum Gasteiger partial charge on any atom is 0.179 e. The van der Waals surface area contributed by atoms with Gasteiger partial charge in [0, 0.05) is 21.4 Å². The van der Waals surface area contributed by atoms with Gasteiger partial charge in [0.05, 0.1) is 10.6 Å². The van der Waals surface area contributed by atoms with Crippen LogP contribution in [0.3, 0.4) is 0 Å². The first-order chi connectivity index (χ1) is 9.88. The molecule has 0 saturated heterocycles. The van der Waals surface area contributed by atoms with Gasteiger partial charge >= 0.3 is 0 Å². The molecule has 2 N–H and O–H groups in total. The highest BCUT2D eigenvalue weighted by atomic mass is 35.5. The van der Waals surface area contributed by atoms with Crippen molar-refractivity contribution in [3.8, 4) is 0 Å². The lowest BCUT2D eigenvalue weighted by Crippen LogP contribution is -2.08. The number of hydrogen-bond donors (Lipinski definition) is 1. The monoisotopic (exact) mass is 345 g/mol. The molecule has 7 heteroatoms. The third-order valence-electron chi connectivity index (χ3n) is 2.75. The zero-order valence-corrected chi connectivity index (χ0v) is 13.3. The molecule has 2 aromatic rings. The van der Waals surface area contributed by atoms with E-state index in [9.17, 15) is 12.8 Å². The number of rotatable bonds is 5. The summed E-state index contributed by atoms with van der Waals surface area (Å²) in [5.74, 6) is -0.109. The van der Waals surface area contributed by atoms with E-state index in [4.69, 9.17) is 17.3 Å². The van der Waals surface area contributed by atoms with E-state index in [-0.39, 0.29) is 10.6 Å². The van der Waals surface area contributed by atoms with Gasteiger partial charge in [-0.3, -0.25) is 0 Å². The van der Waals surface area contributed by atoms with Crippen molar-refractivity contribution in [3.05, 3.63) is 53.3 Å². The number of thioether (sulfide) groups is 1. The summed E-state index contributed by atoms with van der Waals surface area (Å²) in [7, 11) is -3.36. The lowest BCUT2D eigenvalue weighted by molar-refractivity contribution is 0.597. The molecule has 0 radical (unpaired) electrons. The Bertz CT molecular complexity index is 733. The molecule has 112 valence electrons. The van der Waals surface area contributed by atoms with E-state index < -0.39 is 15.7 Å². The quantitative estimate of drug-likeness (QED) is 0.664. The second-order valence-corrected chi connectivity index (χ2v) is 7.99. The van der Waals surface area contributed by atoms with Crippen LogP contribution in [0.4, 0.5) is 10.1 Å². The third kappa shape index (κ3) is 4.36. The van der Waals surface area contributed by atoms with Crippen LogP contribution in [0.1, 0.15) is 0 Å². The normalized spacial score (nSPS) is 11.5. The number of anilines is 1. The number of nitrogens with two attached hydrogens (primary N) is 1. The van der Waals surface area contributed by atoms with E-state index in [1.807, 2.05) is 0 Å². The molecule has 2 rings (SSSR count). The van der Waals surface area contributed by atoms with Crippen LogP contribution < -0.4 is 5.73 Å². The molecule has 3 nitrogen and oxygen atoms in total. The van der Waals surface area contributed by atoms with Crippen molar-refractivity contribution in [1.82, 2.24) is 0 Å². The second kappa shape index (κ2) is 6.68. The number of halogens is 2. The molecule has 0 heterocycles. The van der Waals surface area contributed by atoms with Crippen LogP contribution >= 0.6 is 23.4 Å². The highest BCUT2D eigenvalue weighted by molar-refractivity contribution is 8.00. The largest absolute Gasteiger partial charge is 0.398 e. The van der Waals surface area contributed by atoms with E-state index in [0.717, 1.165) is 0 Å². The Hall–Kier alpha value is -1.24. The highest BCUT2D eigenvalue weighted by Crippen LogP contribution is 2.26. The van der Waals surface area contributed by atoms with Crippen molar-refractivity contribution in [3.63, 3.8) is 0 Å². The molecule has 0 bridgehead atoms. The van der Waals surface area contributed by atoms with Gasteiger partial charge in [-0.2, -0.15) is 0 Å². The van der Waals surface area contributed by atoms with Crippen LogP contribution in [0.2, 0.25) is 5.02 Å². The molecule has 0 unspecified atom stereocenters. The Morgan fingerprint density at radius 1 is 1.14 bits per heavy atom. The Labute approximate surface area is 132 Å². The van der Waals surface area contributed by atoms with Gasteiger partial charge in [-0.05, 0) is 42.5 Å². The molecule has 0 fully saturated rings. The molecule has 0 saturated carbocycles. The van der Waals surface area contributed by atoms with Crippen LogP contribution in [0.15, 0.2) is 52.3 Å². The summed E-state index contributed by atoms with van der Waals surface area (Å²) in [6.45, 7) is 0. The van der Waals surface area contributed by atoms with Crippen molar-refractivity contribution in [2.45, 2.75) is 9.79 Å². The fourth-order valence-electron chi connectivity index (χ4n) is 1.67. The number of hydrogen-bond acceptors (Lipinski definition) is 4. The minimum atomic E-state index is -3.36. The zero-order chi connectivity index (χ0) is 15.5. The molecular weight excluding hydrogens is 333 g/mol. The smallest absolute Gasteiger partial charge is 0.179 e. The molecule has 0 aromatic heterocycles. The first-order valence-corrected chi connectivity index (χ1v) is 9.06.